The maximum absolute atomic E-state index is 7.50. The van der Waals surface area contributed by atoms with Gasteiger partial charge in [0.15, 0.2) is 0 Å². The van der Waals surface area contributed by atoms with Crippen LogP contribution >= 0.6 is 0 Å². The number of nitrogens with zero attached hydrogens (tertiary/aromatic N) is 2. The Kier molecular flexibility index (Phi) is 4.93. The number of benzene rings is 1. The first kappa shape index (κ1) is 22.2. The van der Waals surface area contributed by atoms with Crippen molar-refractivity contribution in [2.45, 2.75) is 94.8 Å². The third kappa shape index (κ3) is 3.07. The van der Waals surface area contributed by atoms with Gasteiger partial charge in [-0.25, -0.2) is 0 Å². The summed E-state index contributed by atoms with van der Waals surface area (Å²) in [7, 11) is 2.33. The van der Waals surface area contributed by atoms with E-state index in [1.54, 1.807) is 5.57 Å². The maximum atomic E-state index is 7.50. The Balaban J connectivity index is 1.24. The van der Waals surface area contributed by atoms with E-state index in [1.807, 2.05) is 12.4 Å². The molecular weight excluding hydrogens is 428 g/mol. The van der Waals surface area contributed by atoms with Gasteiger partial charge in [0.2, 0.25) is 0 Å². The van der Waals surface area contributed by atoms with Crippen molar-refractivity contribution in [3.8, 4) is 0 Å². The summed E-state index contributed by atoms with van der Waals surface area (Å²) in [6, 6.07) is 9.90. The fourth-order valence-corrected chi connectivity index (χ4v) is 9.16. The molecule has 7 rings (SSSR count). The van der Waals surface area contributed by atoms with Gasteiger partial charge in [-0.3, -0.25) is 4.98 Å². The summed E-state index contributed by atoms with van der Waals surface area (Å²) in [6.07, 6.45) is 20.2. The average Bonchev–Trinajstić information content (AvgIpc) is 3.38. The minimum Gasteiger partial charge on any atom is -0.359 e. The number of aromatic nitrogens is 1. The van der Waals surface area contributed by atoms with Crippen LogP contribution in [0.15, 0.2) is 60.0 Å². The molecule has 1 unspecified atom stereocenters. The molecule has 2 bridgehead atoms. The van der Waals surface area contributed by atoms with Crippen molar-refractivity contribution in [1.82, 2.24) is 9.88 Å². The van der Waals surface area contributed by atoms with Gasteiger partial charge in [0.25, 0.3) is 0 Å². The highest BCUT2D eigenvalue weighted by atomic mass is 16.5. The predicted molar refractivity (Wildman–Crippen MR) is 142 cm³/mol. The average molecular weight is 469 g/mol. The first-order valence-electron chi connectivity index (χ1n) is 14.1. The lowest BCUT2D eigenvalue weighted by Crippen LogP contribution is -2.55. The monoisotopic (exact) mass is 468 g/mol. The Morgan fingerprint density at radius 2 is 2.03 bits per heavy atom. The van der Waals surface area contributed by atoms with E-state index in [4.69, 9.17) is 4.74 Å². The van der Waals surface area contributed by atoms with Gasteiger partial charge in [-0.15, -0.1) is 0 Å². The SMILES string of the molecule is CCCN(C)[C@H]1CCC2=CC3=CC[C@]4(C)C(c5ccc6ccncc6c5)CC[C@H]4[C@@]34CC[C@]2(C1)O4. The molecule has 35 heavy (non-hydrogen) atoms. The van der Waals surface area contributed by atoms with Gasteiger partial charge in [-0.2, -0.15) is 0 Å². The van der Waals surface area contributed by atoms with Crippen LogP contribution in [0, 0.1) is 11.3 Å². The highest BCUT2D eigenvalue weighted by Gasteiger charge is 2.66. The molecule has 1 aromatic carbocycles. The van der Waals surface area contributed by atoms with Gasteiger partial charge in [-0.05, 0) is 123 Å². The van der Waals surface area contributed by atoms with Gasteiger partial charge in [-0.1, -0.05) is 38.1 Å². The van der Waals surface area contributed by atoms with Crippen LogP contribution < -0.4 is 0 Å². The zero-order valence-electron chi connectivity index (χ0n) is 21.7. The Hall–Kier alpha value is -1.97. The molecule has 6 atom stereocenters. The Labute approximate surface area is 210 Å². The molecule has 184 valence electrons. The molecule has 0 N–H and O–H groups in total. The Morgan fingerprint density at radius 3 is 2.91 bits per heavy atom. The van der Waals surface area contributed by atoms with Crippen molar-refractivity contribution in [3.63, 3.8) is 0 Å². The molecule has 3 aliphatic carbocycles. The number of hydrogen-bond acceptors (Lipinski definition) is 3. The van der Waals surface area contributed by atoms with Crippen molar-refractivity contribution in [1.29, 1.82) is 0 Å². The van der Waals surface area contributed by atoms with Crippen molar-refractivity contribution in [2.24, 2.45) is 11.3 Å². The van der Waals surface area contributed by atoms with Crippen LogP contribution in [0.3, 0.4) is 0 Å². The highest BCUT2D eigenvalue weighted by Crippen LogP contribution is 2.69. The zero-order valence-corrected chi connectivity index (χ0v) is 21.7. The van der Waals surface area contributed by atoms with Crippen LogP contribution in [0.2, 0.25) is 0 Å². The smallest absolute Gasteiger partial charge is 0.0974 e. The number of allylic oxidation sites excluding steroid dienone is 1. The quantitative estimate of drug-likeness (QED) is 0.475. The minimum absolute atomic E-state index is 0.00673. The molecule has 2 aliphatic heterocycles. The predicted octanol–water partition coefficient (Wildman–Crippen LogP) is 7.19. The third-order valence-corrected chi connectivity index (χ3v) is 10.9. The number of hydrogen-bond donors (Lipinski definition) is 0. The van der Waals surface area contributed by atoms with E-state index in [9.17, 15) is 0 Å². The van der Waals surface area contributed by atoms with Crippen LogP contribution in [0.5, 0.6) is 0 Å². The molecule has 0 amide bonds. The van der Waals surface area contributed by atoms with E-state index in [-0.39, 0.29) is 16.6 Å². The van der Waals surface area contributed by atoms with Crippen LogP contribution in [0.25, 0.3) is 10.8 Å². The van der Waals surface area contributed by atoms with Crippen molar-refractivity contribution in [2.75, 3.05) is 13.6 Å². The second-order valence-corrected chi connectivity index (χ2v) is 12.6. The van der Waals surface area contributed by atoms with Crippen LogP contribution in [-0.4, -0.2) is 40.7 Å². The number of fused-ring (bicyclic) bond motifs is 2. The molecular formula is C32H40N2O. The Bertz CT molecular complexity index is 1230. The zero-order chi connectivity index (χ0) is 23.8. The topological polar surface area (TPSA) is 25.4 Å². The number of rotatable bonds is 4. The molecule has 5 aliphatic rings. The standard InChI is InChI=1S/C32H40N2O/c1-4-17-34(3)27-8-7-25-19-26-11-13-30(2)28(23-6-5-22-12-16-33-21-24(22)18-23)9-10-29(30)32(26)15-14-31(25,20-27)35-32/h5-6,11-12,16,18-19,21,27-29H,4,7-10,13-15,17,20H2,1-3H3/t27-,28?,29+,30+,31+,32+/m0/s1. The lowest BCUT2D eigenvalue weighted by atomic mass is 9.58. The summed E-state index contributed by atoms with van der Waals surface area (Å²) in [5, 5.41) is 2.56. The van der Waals surface area contributed by atoms with Gasteiger partial charge in [0.05, 0.1) is 11.2 Å². The lowest BCUT2D eigenvalue weighted by Gasteiger charge is -2.55. The van der Waals surface area contributed by atoms with Gasteiger partial charge < -0.3 is 9.64 Å². The van der Waals surface area contributed by atoms with Gasteiger partial charge in [0.1, 0.15) is 0 Å². The van der Waals surface area contributed by atoms with E-state index in [0.29, 0.717) is 17.9 Å². The Morgan fingerprint density at radius 1 is 1.11 bits per heavy atom. The van der Waals surface area contributed by atoms with E-state index >= 15 is 0 Å². The number of pyridine rings is 1. The van der Waals surface area contributed by atoms with E-state index in [0.717, 1.165) is 0 Å². The van der Waals surface area contributed by atoms with Crippen molar-refractivity contribution < 1.29 is 4.74 Å². The van der Waals surface area contributed by atoms with Crippen LogP contribution in [-0.2, 0) is 4.74 Å². The summed E-state index contributed by atoms with van der Waals surface area (Å²) in [5.74, 6) is 1.19. The molecule has 2 spiro atoms. The molecule has 3 fully saturated rings. The molecule has 1 aromatic heterocycles. The summed E-state index contributed by atoms with van der Waals surface area (Å²) >= 11 is 0. The first-order chi connectivity index (χ1) is 17.0. The molecule has 2 saturated carbocycles. The molecule has 0 radical (unpaired) electrons. The second kappa shape index (κ2) is 7.76. The van der Waals surface area contributed by atoms with Crippen molar-refractivity contribution >= 4 is 10.8 Å². The molecule has 3 nitrogen and oxygen atoms in total. The normalized spacial score (nSPS) is 39.7. The van der Waals surface area contributed by atoms with E-state index in [1.165, 1.54) is 86.2 Å². The van der Waals surface area contributed by atoms with Gasteiger partial charge >= 0.3 is 0 Å². The third-order valence-electron chi connectivity index (χ3n) is 10.9. The van der Waals surface area contributed by atoms with Crippen LogP contribution in [0.4, 0.5) is 0 Å². The second-order valence-electron chi connectivity index (χ2n) is 12.6. The lowest BCUT2D eigenvalue weighted by molar-refractivity contribution is -0.140. The van der Waals surface area contributed by atoms with Gasteiger partial charge in [0, 0.05) is 23.8 Å². The molecule has 2 aromatic rings. The van der Waals surface area contributed by atoms with E-state index in [2.05, 4.69) is 67.2 Å². The summed E-state index contributed by atoms with van der Waals surface area (Å²) < 4.78 is 7.50. The largest absolute Gasteiger partial charge is 0.359 e. The molecule has 3 heteroatoms. The van der Waals surface area contributed by atoms with Crippen molar-refractivity contribution in [3.05, 3.63) is 65.5 Å². The summed E-state index contributed by atoms with van der Waals surface area (Å²) in [5.41, 5.74) is 4.83. The fourth-order valence-electron chi connectivity index (χ4n) is 9.16. The fraction of sp³-hybridized carbons (Fsp3) is 0.594. The highest BCUT2D eigenvalue weighted by molar-refractivity contribution is 5.82. The summed E-state index contributed by atoms with van der Waals surface area (Å²) in [6.45, 7) is 6.07. The minimum atomic E-state index is -0.0606. The summed E-state index contributed by atoms with van der Waals surface area (Å²) in [4.78, 5) is 7.00. The molecule has 1 saturated heterocycles. The first-order valence-corrected chi connectivity index (χ1v) is 14.1. The maximum Gasteiger partial charge on any atom is 0.0974 e. The number of ether oxygens (including phenoxy) is 1. The molecule has 3 heterocycles. The van der Waals surface area contributed by atoms with Crippen LogP contribution in [0.1, 0.15) is 83.1 Å². The van der Waals surface area contributed by atoms with E-state index < -0.39 is 0 Å².